The molecule has 0 amide bonds. The zero-order valence-corrected chi connectivity index (χ0v) is 6.65. The Morgan fingerprint density at radius 3 is 3.17 bits per heavy atom. The van der Waals surface area contributed by atoms with Crippen LogP contribution in [0.15, 0.2) is 11.3 Å². The Labute approximate surface area is 69.3 Å². The van der Waals surface area contributed by atoms with E-state index in [1.54, 1.807) is 11.2 Å². The minimum absolute atomic E-state index is 0.410. The summed E-state index contributed by atoms with van der Waals surface area (Å²) >= 11 is 0. The Balaban J connectivity index is 2.54. The standard InChI is InChI=1S/C6H10N6/c1-12-5-3(9-2-10-5)4(7)11-6(12)8/h2,6H,8H2,1H3,(H2,7,11)(H,9,10). The topological polar surface area (TPSA) is 96.3 Å². The Bertz CT molecular complexity index is 327. The summed E-state index contributed by atoms with van der Waals surface area (Å²) < 4.78 is 0. The van der Waals surface area contributed by atoms with Gasteiger partial charge in [0.2, 0.25) is 0 Å². The highest BCUT2D eigenvalue weighted by molar-refractivity contribution is 6.01. The van der Waals surface area contributed by atoms with Gasteiger partial charge in [-0.05, 0) is 0 Å². The normalized spacial score (nSPS) is 22.0. The summed E-state index contributed by atoms with van der Waals surface area (Å²) in [5.41, 5.74) is 12.0. The molecular formula is C6H10N6. The summed E-state index contributed by atoms with van der Waals surface area (Å²) in [6.45, 7) is 0. The number of aromatic amines is 1. The van der Waals surface area contributed by atoms with Crippen LogP contribution in [0, 0.1) is 0 Å². The van der Waals surface area contributed by atoms with Crippen molar-refractivity contribution in [1.82, 2.24) is 9.97 Å². The Kier molecular flexibility index (Phi) is 1.31. The second-order valence-corrected chi connectivity index (χ2v) is 2.64. The van der Waals surface area contributed by atoms with Crippen molar-refractivity contribution in [1.29, 1.82) is 0 Å². The van der Waals surface area contributed by atoms with Gasteiger partial charge in [0.1, 0.15) is 11.5 Å². The fourth-order valence-electron chi connectivity index (χ4n) is 1.16. The van der Waals surface area contributed by atoms with Crippen LogP contribution in [0.3, 0.4) is 0 Å². The van der Waals surface area contributed by atoms with Crippen LogP contribution in [-0.4, -0.2) is 29.1 Å². The number of aliphatic imine (C=N–C) groups is 1. The first kappa shape index (κ1) is 7.11. The maximum absolute atomic E-state index is 5.65. The predicted octanol–water partition coefficient (Wildman–Crippen LogP) is -1.19. The lowest BCUT2D eigenvalue weighted by Crippen LogP contribution is -2.43. The SMILES string of the molecule is CN1c2nc[nH]c2C(N)=NC1N. The third kappa shape index (κ3) is 0.782. The number of nitrogens with zero attached hydrogens (tertiary/aromatic N) is 3. The number of nitrogens with one attached hydrogen (secondary N) is 1. The monoisotopic (exact) mass is 166 g/mol. The van der Waals surface area contributed by atoms with Crippen molar-refractivity contribution >= 4 is 11.7 Å². The highest BCUT2D eigenvalue weighted by atomic mass is 15.4. The van der Waals surface area contributed by atoms with Gasteiger partial charge in [-0.1, -0.05) is 0 Å². The van der Waals surface area contributed by atoms with E-state index in [1.807, 2.05) is 7.05 Å². The molecule has 0 saturated carbocycles. The van der Waals surface area contributed by atoms with Gasteiger partial charge in [-0.2, -0.15) is 0 Å². The molecule has 0 bridgehead atoms. The third-order valence-electron chi connectivity index (χ3n) is 1.88. The molecule has 2 heterocycles. The average Bonchev–Trinajstić information content (AvgIpc) is 2.48. The molecule has 6 nitrogen and oxygen atoms in total. The number of H-pyrrole nitrogens is 1. The third-order valence-corrected chi connectivity index (χ3v) is 1.88. The van der Waals surface area contributed by atoms with Crippen molar-refractivity contribution in [2.45, 2.75) is 6.29 Å². The zero-order chi connectivity index (χ0) is 8.72. The molecule has 1 aliphatic rings. The van der Waals surface area contributed by atoms with Crippen molar-refractivity contribution in [3.05, 3.63) is 12.0 Å². The van der Waals surface area contributed by atoms with Gasteiger partial charge < -0.3 is 15.6 Å². The Morgan fingerprint density at radius 1 is 1.67 bits per heavy atom. The molecule has 1 atom stereocenters. The van der Waals surface area contributed by atoms with E-state index in [9.17, 15) is 0 Å². The number of anilines is 1. The summed E-state index contributed by atoms with van der Waals surface area (Å²) in [7, 11) is 1.82. The van der Waals surface area contributed by atoms with Crippen LogP contribution in [0.25, 0.3) is 0 Å². The van der Waals surface area contributed by atoms with Crippen LogP contribution >= 0.6 is 0 Å². The molecule has 64 valence electrons. The Hall–Kier alpha value is -1.56. The molecule has 0 radical (unpaired) electrons. The number of imidazole rings is 1. The lowest BCUT2D eigenvalue weighted by Gasteiger charge is -2.26. The van der Waals surface area contributed by atoms with Gasteiger partial charge in [0.15, 0.2) is 12.1 Å². The minimum Gasteiger partial charge on any atom is -0.382 e. The fourth-order valence-corrected chi connectivity index (χ4v) is 1.16. The lowest BCUT2D eigenvalue weighted by atomic mass is 10.3. The van der Waals surface area contributed by atoms with Gasteiger partial charge >= 0.3 is 0 Å². The van der Waals surface area contributed by atoms with E-state index in [0.717, 1.165) is 11.5 Å². The Morgan fingerprint density at radius 2 is 2.42 bits per heavy atom. The van der Waals surface area contributed by atoms with E-state index in [4.69, 9.17) is 11.5 Å². The van der Waals surface area contributed by atoms with Crippen LogP contribution in [0.4, 0.5) is 5.82 Å². The van der Waals surface area contributed by atoms with Gasteiger partial charge in [-0.25, -0.2) is 9.98 Å². The molecule has 0 fully saturated rings. The largest absolute Gasteiger partial charge is 0.382 e. The molecule has 0 saturated heterocycles. The number of fused-ring (bicyclic) bond motifs is 1. The molecular weight excluding hydrogens is 156 g/mol. The summed E-state index contributed by atoms with van der Waals surface area (Å²) in [6, 6.07) is 0. The predicted molar refractivity (Wildman–Crippen MR) is 45.7 cm³/mol. The van der Waals surface area contributed by atoms with E-state index in [1.165, 1.54) is 0 Å². The molecule has 0 aromatic carbocycles. The number of nitrogens with two attached hydrogens (primary N) is 2. The number of amidine groups is 1. The van der Waals surface area contributed by atoms with Crippen molar-refractivity contribution in [2.24, 2.45) is 16.5 Å². The summed E-state index contributed by atoms with van der Waals surface area (Å²) in [4.78, 5) is 12.7. The zero-order valence-electron chi connectivity index (χ0n) is 6.65. The highest BCUT2D eigenvalue weighted by Gasteiger charge is 2.23. The van der Waals surface area contributed by atoms with E-state index in [0.29, 0.717) is 5.84 Å². The van der Waals surface area contributed by atoms with Crippen molar-refractivity contribution in [2.75, 3.05) is 11.9 Å². The number of hydrogen-bond donors (Lipinski definition) is 3. The molecule has 0 spiro atoms. The molecule has 1 unspecified atom stereocenters. The number of hydrogen-bond acceptors (Lipinski definition) is 5. The molecule has 2 rings (SSSR count). The molecule has 5 N–H and O–H groups in total. The van der Waals surface area contributed by atoms with E-state index in [-0.39, 0.29) is 0 Å². The van der Waals surface area contributed by atoms with Gasteiger partial charge in [0, 0.05) is 7.05 Å². The maximum atomic E-state index is 5.65. The molecule has 0 aliphatic carbocycles. The van der Waals surface area contributed by atoms with Crippen LogP contribution in [0.1, 0.15) is 5.69 Å². The lowest BCUT2D eigenvalue weighted by molar-refractivity contribution is 0.673. The quantitative estimate of drug-likeness (QED) is 0.451. The minimum atomic E-state index is -0.430. The van der Waals surface area contributed by atoms with Crippen LogP contribution in [0.2, 0.25) is 0 Å². The van der Waals surface area contributed by atoms with Crippen LogP contribution in [-0.2, 0) is 0 Å². The van der Waals surface area contributed by atoms with Gasteiger partial charge in [0.05, 0.1) is 6.33 Å². The molecule has 1 aromatic rings. The van der Waals surface area contributed by atoms with Crippen molar-refractivity contribution in [3.63, 3.8) is 0 Å². The highest BCUT2D eigenvalue weighted by Crippen LogP contribution is 2.19. The molecule has 1 aromatic heterocycles. The second kappa shape index (κ2) is 2.21. The van der Waals surface area contributed by atoms with Crippen molar-refractivity contribution in [3.8, 4) is 0 Å². The average molecular weight is 166 g/mol. The molecule has 1 aliphatic heterocycles. The molecule has 12 heavy (non-hydrogen) atoms. The molecule has 6 heteroatoms. The first-order chi connectivity index (χ1) is 5.70. The van der Waals surface area contributed by atoms with Crippen LogP contribution in [0.5, 0.6) is 0 Å². The first-order valence-corrected chi connectivity index (χ1v) is 3.55. The van der Waals surface area contributed by atoms with Gasteiger partial charge in [0.25, 0.3) is 0 Å². The van der Waals surface area contributed by atoms with E-state index >= 15 is 0 Å². The van der Waals surface area contributed by atoms with E-state index in [2.05, 4.69) is 15.0 Å². The smallest absolute Gasteiger partial charge is 0.177 e. The summed E-state index contributed by atoms with van der Waals surface area (Å²) in [5.74, 6) is 1.16. The van der Waals surface area contributed by atoms with Gasteiger partial charge in [-0.15, -0.1) is 0 Å². The van der Waals surface area contributed by atoms with Gasteiger partial charge in [-0.3, -0.25) is 5.73 Å². The number of aromatic nitrogens is 2. The second-order valence-electron chi connectivity index (χ2n) is 2.64. The first-order valence-electron chi connectivity index (χ1n) is 3.55. The summed E-state index contributed by atoms with van der Waals surface area (Å²) in [6.07, 6.45) is 1.14. The van der Waals surface area contributed by atoms with E-state index < -0.39 is 6.29 Å². The number of rotatable bonds is 0. The maximum Gasteiger partial charge on any atom is 0.177 e. The van der Waals surface area contributed by atoms with Crippen molar-refractivity contribution < 1.29 is 0 Å². The van der Waals surface area contributed by atoms with Crippen LogP contribution < -0.4 is 16.4 Å². The fraction of sp³-hybridized carbons (Fsp3) is 0.333. The summed E-state index contributed by atoms with van der Waals surface area (Å²) in [5, 5.41) is 0.